The summed E-state index contributed by atoms with van der Waals surface area (Å²) in [5, 5.41) is 7.92. The third-order valence-electron chi connectivity index (χ3n) is 5.06. The summed E-state index contributed by atoms with van der Waals surface area (Å²) >= 11 is 1.74. The van der Waals surface area contributed by atoms with Gasteiger partial charge in [-0.15, -0.1) is 11.3 Å². The highest BCUT2D eigenvalue weighted by Gasteiger charge is 2.26. The second kappa shape index (κ2) is 10.5. The molecule has 1 saturated heterocycles. The Labute approximate surface area is 161 Å². The van der Waals surface area contributed by atoms with Crippen molar-refractivity contribution in [2.24, 2.45) is 10.9 Å². The summed E-state index contributed by atoms with van der Waals surface area (Å²) < 4.78 is 0. The van der Waals surface area contributed by atoms with Gasteiger partial charge < -0.3 is 15.5 Å². The number of nitrogens with zero attached hydrogens (tertiary/aromatic N) is 3. The summed E-state index contributed by atoms with van der Waals surface area (Å²) in [6, 6.07) is 0.356. The third-order valence-corrected chi connectivity index (χ3v) is 6.20. The van der Waals surface area contributed by atoms with Crippen molar-refractivity contribution in [1.29, 1.82) is 0 Å². The summed E-state index contributed by atoms with van der Waals surface area (Å²) in [5.41, 5.74) is 0. The van der Waals surface area contributed by atoms with E-state index in [9.17, 15) is 4.79 Å². The molecule has 1 aliphatic heterocycles. The van der Waals surface area contributed by atoms with Crippen molar-refractivity contribution < 1.29 is 4.79 Å². The predicted octanol–water partition coefficient (Wildman–Crippen LogP) is 2.80. The van der Waals surface area contributed by atoms with Gasteiger partial charge in [0.05, 0.1) is 6.54 Å². The van der Waals surface area contributed by atoms with Gasteiger partial charge in [0.1, 0.15) is 5.01 Å². The van der Waals surface area contributed by atoms with E-state index >= 15 is 0 Å². The summed E-state index contributed by atoms with van der Waals surface area (Å²) in [4.78, 5) is 24.6. The number of guanidine groups is 1. The number of carbonyl (C=O) groups is 1. The largest absolute Gasteiger partial charge is 0.354 e. The third kappa shape index (κ3) is 5.69. The molecular formula is C19H33N5OS. The molecule has 6 nitrogen and oxygen atoms in total. The summed E-state index contributed by atoms with van der Waals surface area (Å²) in [6.45, 7) is 8.69. The Hall–Kier alpha value is -1.63. The van der Waals surface area contributed by atoms with Crippen LogP contribution in [0.1, 0.15) is 56.3 Å². The van der Waals surface area contributed by atoms with Crippen LogP contribution in [0.3, 0.4) is 0 Å². The van der Waals surface area contributed by atoms with Crippen LogP contribution in [0.5, 0.6) is 0 Å². The Morgan fingerprint density at radius 2 is 2.04 bits per heavy atom. The summed E-state index contributed by atoms with van der Waals surface area (Å²) in [7, 11) is 1.79. The van der Waals surface area contributed by atoms with Crippen LogP contribution in [-0.4, -0.2) is 47.9 Å². The molecule has 1 aromatic rings. The van der Waals surface area contributed by atoms with Gasteiger partial charge in [-0.2, -0.15) is 0 Å². The Bertz CT molecular complexity index is 589. The molecule has 0 spiro atoms. The van der Waals surface area contributed by atoms with Gasteiger partial charge in [0.25, 0.3) is 0 Å². The fraction of sp³-hybridized carbons (Fsp3) is 0.737. The standard InChI is InChI=1S/C19H33N5OS/c1-5-14(6-2)18(25)24-10-8-15(9-11-24)23-19(20-4)22-13-17-21-12-16(7-3)26-17/h12,14-15H,5-11,13H2,1-4H3,(H2,20,22,23). The fourth-order valence-electron chi connectivity index (χ4n) is 3.28. The first-order valence-electron chi connectivity index (χ1n) is 9.80. The van der Waals surface area contributed by atoms with E-state index in [1.54, 1.807) is 18.4 Å². The van der Waals surface area contributed by atoms with E-state index < -0.39 is 0 Å². The van der Waals surface area contributed by atoms with Crippen molar-refractivity contribution in [1.82, 2.24) is 20.5 Å². The molecule has 0 radical (unpaired) electrons. The highest BCUT2D eigenvalue weighted by molar-refractivity contribution is 7.11. The van der Waals surface area contributed by atoms with E-state index in [0.29, 0.717) is 18.5 Å². The minimum absolute atomic E-state index is 0.181. The highest BCUT2D eigenvalue weighted by atomic mass is 32.1. The quantitative estimate of drug-likeness (QED) is 0.565. The second-order valence-corrected chi connectivity index (χ2v) is 7.96. The van der Waals surface area contributed by atoms with Crippen molar-refractivity contribution >= 4 is 23.2 Å². The number of hydrogen-bond donors (Lipinski definition) is 2. The average Bonchev–Trinajstić information content (AvgIpc) is 3.14. The van der Waals surface area contributed by atoms with Crippen molar-refractivity contribution in [3.63, 3.8) is 0 Å². The molecule has 0 atom stereocenters. The number of rotatable bonds is 7. The number of amides is 1. The molecule has 1 fully saturated rings. The molecule has 0 aliphatic carbocycles. The van der Waals surface area contributed by atoms with E-state index in [0.717, 1.165) is 56.2 Å². The molecule has 0 saturated carbocycles. The molecule has 2 heterocycles. The first-order valence-corrected chi connectivity index (χ1v) is 10.6. The Balaban J connectivity index is 1.77. The molecular weight excluding hydrogens is 346 g/mol. The normalized spacial score (nSPS) is 16.2. The Kier molecular flexibility index (Phi) is 8.35. The minimum Gasteiger partial charge on any atom is -0.354 e. The number of nitrogens with one attached hydrogen (secondary N) is 2. The second-order valence-electron chi connectivity index (χ2n) is 6.76. The number of piperidine rings is 1. The molecule has 2 N–H and O–H groups in total. The average molecular weight is 380 g/mol. The number of carbonyl (C=O) groups excluding carboxylic acids is 1. The van der Waals surface area contributed by atoms with Crippen LogP contribution >= 0.6 is 11.3 Å². The Morgan fingerprint density at radius 1 is 1.35 bits per heavy atom. The lowest BCUT2D eigenvalue weighted by Gasteiger charge is -2.34. The molecule has 7 heteroatoms. The number of thiazole rings is 1. The molecule has 2 rings (SSSR count). The monoisotopic (exact) mass is 379 g/mol. The molecule has 1 aromatic heterocycles. The highest BCUT2D eigenvalue weighted by Crippen LogP contribution is 2.17. The van der Waals surface area contributed by atoms with E-state index in [-0.39, 0.29) is 5.92 Å². The molecule has 1 aliphatic rings. The maximum absolute atomic E-state index is 12.5. The van der Waals surface area contributed by atoms with Gasteiger partial charge >= 0.3 is 0 Å². The van der Waals surface area contributed by atoms with Crippen LogP contribution in [0.25, 0.3) is 0 Å². The number of likely N-dealkylation sites (tertiary alicyclic amines) is 1. The predicted molar refractivity (Wildman–Crippen MR) is 109 cm³/mol. The smallest absolute Gasteiger partial charge is 0.225 e. The lowest BCUT2D eigenvalue weighted by atomic mass is 9.98. The van der Waals surface area contributed by atoms with Gasteiger partial charge in [-0.05, 0) is 32.1 Å². The number of aryl methyl sites for hydroxylation is 1. The first-order chi connectivity index (χ1) is 12.6. The van der Waals surface area contributed by atoms with Gasteiger partial charge in [0.15, 0.2) is 5.96 Å². The lowest BCUT2D eigenvalue weighted by molar-refractivity contribution is -0.136. The van der Waals surface area contributed by atoms with E-state index in [4.69, 9.17) is 0 Å². The molecule has 1 amide bonds. The zero-order chi connectivity index (χ0) is 18.9. The van der Waals surface area contributed by atoms with Crippen molar-refractivity contribution in [3.05, 3.63) is 16.1 Å². The van der Waals surface area contributed by atoms with E-state index in [2.05, 4.69) is 41.4 Å². The minimum atomic E-state index is 0.181. The zero-order valence-electron chi connectivity index (χ0n) is 16.5. The molecule has 0 unspecified atom stereocenters. The van der Waals surface area contributed by atoms with Gasteiger partial charge in [0, 0.05) is 43.2 Å². The van der Waals surface area contributed by atoms with E-state index in [1.165, 1.54) is 4.88 Å². The van der Waals surface area contributed by atoms with Gasteiger partial charge in [-0.3, -0.25) is 9.79 Å². The SMILES string of the molecule is CCc1cnc(CNC(=NC)NC2CCN(C(=O)C(CC)CC)CC2)s1. The van der Waals surface area contributed by atoms with Crippen molar-refractivity contribution in [2.75, 3.05) is 20.1 Å². The Morgan fingerprint density at radius 3 is 2.58 bits per heavy atom. The van der Waals surface area contributed by atoms with Crippen LogP contribution < -0.4 is 10.6 Å². The number of aliphatic imine (C=N–C) groups is 1. The van der Waals surface area contributed by atoms with Crippen LogP contribution in [-0.2, 0) is 17.8 Å². The number of aromatic nitrogens is 1. The van der Waals surface area contributed by atoms with Crippen LogP contribution in [0.2, 0.25) is 0 Å². The zero-order valence-corrected chi connectivity index (χ0v) is 17.4. The molecule has 0 bridgehead atoms. The molecule has 146 valence electrons. The van der Waals surface area contributed by atoms with Crippen molar-refractivity contribution in [2.45, 2.75) is 65.5 Å². The first kappa shape index (κ1) is 20.7. The van der Waals surface area contributed by atoms with Crippen LogP contribution in [0.4, 0.5) is 0 Å². The summed E-state index contributed by atoms with van der Waals surface area (Å²) in [5.74, 6) is 1.31. The molecule has 26 heavy (non-hydrogen) atoms. The maximum Gasteiger partial charge on any atom is 0.225 e. The van der Waals surface area contributed by atoms with Gasteiger partial charge in [0.2, 0.25) is 5.91 Å². The topological polar surface area (TPSA) is 69.6 Å². The van der Waals surface area contributed by atoms with Crippen LogP contribution in [0.15, 0.2) is 11.2 Å². The lowest BCUT2D eigenvalue weighted by Crippen LogP contribution is -2.50. The number of hydrogen-bond acceptors (Lipinski definition) is 4. The molecule has 0 aromatic carbocycles. The van der Waals surface area contributed by atoms with Crippen LogP contribution in [0, 0.1) is 5.92 Å². The van der Waals surface area contributed by atoms with Gasteiger partial charge in [-0.1, -0.05) is 20.8 Å². The summed E-state index contributed by atoms with van der Waals surface area (Å²) in [6.07, 6.45) is 6.76. The fourth-order valence-corrected chi connectivity index (χ4v) is 4.08. The van der Waals surface area contributed by atoms with E-state index in [1.807, 2.05) is 11.1 Å². The maximum atomic E-state index is 12.5. The van der Waals surface area contributed by atoms with Gasteiger partial charge in [-0.25, -0.2) is 4.98 Å². The van der Waals surface area contributed by atoms with Crippen molar-refractivity contribution in [3.8, 4) is 0 Å².